The third kappa shape index (κ3) is 2.02. The Bertz CT molecular complexity index is 1220. The van der Waals surface area contributed by atoms with Crippen molar-refractivity contribution in [2.24, 2.45) is 11.3 Å². The molecular weight excluding hydrogens is 434 g/mol. The predicted molar refractivity (Wildman–Crippen MR) is 125 cm³/mol. The van der Waals surface area contributed by atoms with Crippen molar-refractivity contribution in [2.45, 2.75) is 81.7 Å². The summed E-state index contributed by atoms with van der Waals surface area (Å²) < 4.78 is 6.10. The molecule has 7 aliphatic rings. The molecule has 8 heteroatoms. The second-order valence-electron chi connectivity index (χ2n) is 12.3. The summed E-state index contributed by atoms with van der Waals surface area (Å²) in [4.78, 5) is 29.1. The number of piperazine rings is 1. The maximum atomic E-state index is 14.0. The van der Waals surface area contributed by atoms with Gasteiger partial charge < -0.3 is 30.3 Å². The lowest BCUT2D eigenvalue weighted by Crippen LogP contribution is -2.86. The van der Waals surface area contributed by atoms with Crippen LogP contribution in [0.2, 0.25) is 0 Å². The van der Waals surface area contributed by atoms with E-state index in [0.717, 1.165) is 11.5 Å². The van der Waals surface area contributed by atoms with E-state index in [4.69, 9.17) is 4.74 Å². The Morgan fingerprint density at radius 1 is 1.21 bits per heavy atom. The zero-order valence-electron chi connectivity index (χ0n) is 20.0. The van der Waals surface area contributed by atoms with Crippen LogP contribution in [0.15, 0.2) is 18.2 Å². The normalized spacial score (nSPS) is 41.8. The highest BCUT2D eigenvalue weighted by atomic mass is 16.5. The van der Waals surface area contributed by atoms with Crippen LogP contribution in [0.4, 0.5) is 5.69 Å². The van der Waals surface area contributed by atoms with E-state index < -0.39 is 33.7 Å². The Morgan fingerprint density at radius 3 is 2.74 bits per heavy atom. The van der Waals surface area contributed by atoms with Crippen LogP contribution in [0, 0.1) is 16.5 Å². The first-order chi connectivity index (χ1) is 15.9. The quantitative estimate of drug-likeness (QED) is 0.611. The molecule has 8 nitrogen and oxygen atoms in total. The Morgan fingerprint density at radius 2 is 1.97 bits per heavy atom. The summed E-state index contributed by atoms with van der Waals surface area (Å²) in [6.07, 6.45) is 5.78. The number of nitrogens with one attached hydrogen (secondary N) is 1. The molecule has 6 heterocycles. The smallest absolute Gasteiger partial charge is 0.249 e. The summed E-state index contributed by atoms with van der Waals surface area (Å²) in [5, 5.41) is 30.4. The highest BCUT2D eigenvalue weighted by molar-refractivity contribution is 6.05. The molecule has 5 fully saturated rings. The molecular formula is C26H30N3O5-. The molecule has 1 aliphatic carbocycles. The van der Waals surface area contributed by atoms with Gasteiger partial charge in [0.25, 0.3) is 0 Å². The van der Waals surface area contributed by atoms with Gasteiger partial charge in [-0.2, -0.15) is 0 Å². The molecule has 2 bridgehead atoms. The summed E-state index contributed by atoms with van der Waals surface area (Å²) in [7, 11) is 0. The SMILES string of the molecule is CC1(C)C=Cc2c(ccc3c2N([O-])C2C(C)(C)[C@@H]4C[C@@]56CCCN5C(=O)[C@@]4(C[C@@]32O)NC6=O)O1. The first-order valence-electron chi connectivity index (χ1n) is 12.3. The van der Waals surface area contributed by atoms with Crippen molar-refractivity contribution in [2.75, 3.05) is 11.6 Å². The second kappa shape index (κ2) is 5.62. The number of aliphatic hydroxyl groups is 1. The van der Waals surface area contributed by atoms with Gasteiger partial charge in [-0.1, -0.05) is 19.9 Å². The lowest BCUT2D eigenvalue weighted by Gasteiger charge is -2.69. The maximum Gasteiger partial charge on any atom is 0.249 e. The number of anilines is 1. The Balaban J connectivity index is 1.43. The zero-order chi connectivity index (χ0) is 24.1. The first kappa shape index (κ1) is 20.8. The summed E-state index contributed by atoms with van der Waals surface area (Å²) >= 11 is 0. The van der Waals surface area contributed by atoms with Crippen LogP contribution in [0.5, 0.6) is 5.75 Å². The third-order valence-electron chi connectivity index (χ3n) is 9.74. The van der Waals surface area contributed by atoms with Crippen molar-refractivity contribution in [1.29, 1.82) is 0 Å². The van der Waals surface area contributed by atoms with Crippen LogP contribution in [0.25, 0.3) is 6.08 Å². The van der Waals surface area contributed by atoms with Gasteiger partial charge in [0.15, 0.2) is 0 Å². The van der Waals surface area contributed by atoms with Crippen LogP contribution in [-0.2, 0) is 15.2 Å². The molecule has 1 saturated carbocycles. The third-order valence-corrected chi connectivity index (χ3v) is 9.74. The molecule has 6 aliphatic heterocycles. The van der Waals surface area contributed by atoms with E-state index in [9.17, 15) is 19.9 Å². The van der Waals surface area contributed by atoms with Gasteiger partial charge in [-0.15, -0.1) is 0 Å². The molecule has 34 heavy (non-hydrogen) atoms. The standard InChI is InChI=1S/C26H30N3O5/c1-22(2)10-8-14-16(34-22)7-6-15-18(14)29(33)19-23(3,4)17-12-24-9-5-11-28(24)21(31)25(17,27-20(24)30)13-26(15,19)32/h6-8,10,17,19,32H,5,9,11-13H2,1-4H3,(H,27,30)/q-1/t17-,19?,24+,25-,26+/m0/s1. The molecule has 1 unspecified atom stereocenters. The molecule has 1 aromatic carbocycles. The average Bonchev–Trinajstić information content (AvgIpc) is 3.27. The van der Waals surface area contributed by atoms with E-state index in [1.54, 1.807) is 17.0 Å². The number of benzene rings is 1. The minimum Gasteiger partial charge on any atom is -0.758 e. The van der Waals surface area contributed by atoms with E-state index in [1.165, 1.54) is 0 Å². The van der Waals surface area contributed by atoms with Crippen molar-refractivity contribution >= 4 is 23.6 Å². The van der Waals surface area contributed by atoms with Crippen molar-refractivity contribution in [1.82, 2.24) is 10.2 Å². The number of fused-ring (bicyclic) bond motifs is 6. The van der Waals surface area contributed by atoms with Gasteiger partial charge in [-0.25, -0.2) is 0 Å². The number of hydrogen-bond donors (Lipinski definition) is 2. The van der Waals surface area contributed by atoms with Gasteiger partial charge in [0.1, 0.15) is 28.0 Å². The molecule has 2 spiro atoms. The fourth-order valence-corrected chi connectivity index (χ4v) is 8.44. The number of carbonyl (C=O) groups excluding carboxylic acids is 2. The number of piperidine rings is 2. The Labute approximate surface area is 198 Å². The maximum absolute atomic E-state index is 14.0. The van der Waals surface area contributed by atoms with Gasteiger partial charge in [0.2, 0.25) is 11.8 Å². The van der Waals surface area contributed by atoms with E-state index in [2.05, 4.69) is 5.32 Å². The van der Waals surface area contributed by atoms with Gasteiger partial charge in [-0.05, 0) is 56.7 Å². The fraction of sp³-hybridized carbons (Fsp3) is 0.615. The lowest BCUT2D eigenvalue weighted by atomic mass is 9.46. The van der Waals surface area contributed by atoms with E-state index in [0.29, 0.717) is 42.0 Å². The number of hydrogen-bond acceptors (Lipinski definition) is 6. The Hall–Kier alpha value is -2.58. The van der Waals surface area contributed by atoms with Crippen LogP contribution < -0.4 is 15.1 Å². The molecule has 5 atom stereocenters. The number of ether oxygens (including phenoxy) is 1. The van der Waals surface area contributed by atoms with Crippen molar-refractivity contribution < 1.29 is 19.4 Å². The summed E-state index contributed by atoms with van der Waals surface area (Å²) in [5.74, 6) is 0.138. The van der Waals surface area contributed by atoms with E-state index in [1.807, 2.05) is 39.8 Å². The van der Waals surface area contributed by atoms with Gasteiger partial charge in [0.05, 0.1) is 6.04 Å². The minimum absolute atomic E-state index is 0.00346. The van der Waals surface area contributed by atoms with Crippen molar-refractivity contribution in [3.8, 4) is 5.75 Å². The van der Waals surface area contributed by atoms with Gasteiger partial charge in [0, 0.05) is 35.7 Å². The summed E-state index contributed by atoms with van der Waals surface area (Å²) in [5.41, 5.74) is -3.30. The van der Waals surface area contributed by atoms with E-state index in [-0.39, 0.29) is 24.2 Å². The topological polar surface area (TPSA) is 105 Å². The number of rotatable bonds is 0. The van der Waals surface area contributed by atoms with Gasteiger partial charge in [-0.3, -0.25) is 9.59 Å². The van der Waals surface area contributed by atoms with Gasteiger partial charge >= 0.3 is 0 Å². The molecule has 1 aromatic rings. The van der Waals surface area contributed by atoms with Crippen LogP contribution >= 0.6 is 0 Å². The minimum atomic E-state index is -1.59. The van der Waals surface area contributed by atoms with Crippen molar-refractivity contribution in [3.63, 3.8) is 0 Å². The first-order valence-corrected chi connectivity index (χ1v) is 12.3. The summed E-state index contributed by atoms with van der Waals surface area (Å²) in [6, 6.07) is 2.79. The Kier molecular flexibility index (Phi) is 3.43. The van der Waals surface area contributed by atoms with Crippen molar-refractivity contribution in [3.05, 3.63) is 34.5 Å². The van der Waals surface area contributed by atoms with Crippen LogP contribution in [0.1, 0.15) is 64.5 Å². The number of carbonyl (C=O) groups is 2. The average molecular weight is 465 g/mol. The van der Waals surface area contributed by atoms with Crippen LogP contribution in [-0.4, -0.2) is 51.1 Å². The number of amides is 2. The second-order valence-corrected chi connectivity index (χ2v) is 12.3. The fourth-order valence-electron chi connectivity index (χ4n) is 8.44. The largest absolute Gasteiger partial charge is 0.758 e. The molecule has 2 N–H and O–H groups in total. The highest BCUT2D eigenvalue weighted by Crippen LogP contribution is 2.67. The molecule has 0 radical (unpaired) electrons. The monoisotopic (exact) mass is 464 g/mol. The molecule has 0 aromatic heterocycles. The van der Waals surface area contributed by atoms with Crippen LogP contribution in [0.3, 0.4) is 0 Å². The lowest BCUT2D eigenvalue weighted by molar-refractivity contribution is -0.206. The number of nitrogens with zero attached hydrogens (tertiary/aromatic N) is 2. The van der Waals surface area contributed by atoms with E-state index >= 15 is 0 Å². The molecule has 2 amide bonds. The highest BCUT2D eigenvalue weighted by Gasteiger charge is 2.77. The number of hydroxylamine groups is 1. The molecule has 180 valence electrons. The predicted octanol–water partition coefficient (Wildman–Crippen LogP) is 2.42. The zero-order valence-corrected chi connectivity index (χ0v) is 20.0. The molecule has 4 saturated heterocycles. The molecule has 8 rings (SSSR count). The summed E-state index contributed by atoms with van der Waals surface area (Å²) in [6.45, 7) is 8.42.